The fraction of sp³-hybridized carbons (Fsp3) is 0.167. The van der Waals surface area contributed by atoms with Gasteiger partial charge in [-0.2, -0.15) is 0 Å². The standard InChI is InChI=1S/C3HCl2N3O3.C3H3NOS/c4-7-1(9)6-2(10)8(5)3(7)11;5-3-1-4-6-2-3/h(H,6,9,10);1H,2H2. The number of hydrogen-bond acceptors (Lipinski definition) is 6. The van der Waals surface area contributed by atoms with Gasteiger partial charge in [0.25, 0.3) is 0 Å². The lowest BCUT2D eigenvalue weighted by Crippen LogP contribution is -2.43. The minimum absolute atomic E-state index is 0.125. The molecule has 0 bridgehead atoms. The zero-order valence-corrected chi connectivity index (χ0v) is 10.3. The van der Waals surface area contributed by atoms with E-state index in [-0.39, 0.29) is 14.0 Å². The Hall–Kier alpha value is -1.32. The first kappa shape index (κ1) is 13.7. The molecular weight excluding hydrogens is 295 g/mol. The van der Waals surface area contributed by atoms with Crippen LogP contribution in [0.25, 0.3) is 0 Å². The number of nitrogens with one attached hydrogen (secondary N) is 1. The Kier molecular flexibility index (Phi) is 4.73. The summed E-state index contributed by atoms with van der Waals surface area (Å²) in [4.78, 5) is 43.5. The van der Waals surface area contributed by atoms with Crippen molar-refractivity contribution in [3.05, 3.63) is 31.5 Å². The third kappa shape index (κ3) is 3.58. The van der Waals surface area contributed by atoms with Crippen molar-refractivity contribution in [2.45, 2.75) is 0 Å². The molecular formula is C6H4Cl2N4O4S. The van der Waals surface area contributed by atoms with Crippen LogP contribution in [0.1, 0.15) is 0 Å². The molecule has 1 N–H and O–H groups in total. The van der Waals surface area contributed by atoms with Crippen molar-refractivity contribution in [1.82, 2.24) is 13.2 Å². The first-order valence-corrected chi connectivity index (χ1v) is 5.54. The van der Waals surface area contributed by atoms with Crippen LogP contribution in [0.5, 0.6) is 0 Å². The second kappa shape index (κ2) is 5.84. The van der Waals surface area contributed by atoms with Crippen molar-refractivity contribution >= 4 is 47.5 Å². The summed E-state index contributed by atoms with van der Waals surface area (Å²) in [5.74, 6) is 0.667. The average Bonchev–Trinajstić information content (AvgIpc) is 2.76. The van der Waals surface area contributed by atoms with E-state index in [1.807, 2.05) is 0 Å². The lowest BCUT2D eigenvalue weighted by atomic mass is 10.5. The van der Waals surface area contributed by atoms with Crippen molar-refractivity contribution in [1.29, 1.82) is 0 Å². The number of aromatic amines is 1. The molecule has 0 radical (unpaired) electrons. The number of aromatic nitrogens is 3. The van der Waals surface area contributed by atoms with Gasteiger partial charge < -0.3 is 0 Å². The Bertz CT molecular complexity index is 593. The summed E-state index contributed by atoms with van der Waals surface area (Å²) in [5, 5.41) is 0. The molecule has 2 rings (SSSR count). The zero-order chi connectivity index (χ0) is 13.0. The normalized spacial score (nSPS) is 13.4. The Morgan fingerprint density at radius 1 is 1.18 bits per heavy atom. The van der Waals surface area contributed by atoms with Crippen LogP contribution in [-0.4, -0.2) is 30.9 Å². The number of rotatable bonds is 0. The highest BCUT2D eigenvalue weighted by atomic mass is 35.5. The Balaban J connectivity index is 0.000000202. The van der Waals surface area contributed by atoms with Crippen molar-refractivity contribution in [2.75, 3.05) is 5.75 Å². The van der Waals surface area contributed by atoms with E-state index < -0.39 is 17.1 Å². The van der Waals surface area contributed by atoms with E-state index in [0.717, 1.165) is 0 Å². The Morgan fingerprint density at radius 3 is 2.00 bits per heavy atom. The van der Waals surface area contributed by atoms with Crippen molar-refractivity contribution in [3.63, 3.8) is 0 Å². The third-order valence-corrected chi connectivity index (χ3v) is 2.65. The fourth-order valence-electron chi connectivity index (χ4n) is 0.675. The van der Waals surface area contributed by atoms with Gasteiger partial charge in [-0.15, -0.1) is 8.17 Å². The topological polar surface area (TPSA) is 106 Å². The number of ketones is 1. The fourth-order valence-corrected chi connectivity index (χ4v) is 1.42. The molecule has 0 atom stereocenters. The number of carbonyl (C=O) groups is 1. The monoisotopic (exact) mass is 298 g/mol. The minimum atomic E-state index is -1.10. The van der Waals surface area contributed by atoms with Gasteiger partial charge in [-0.1, -0.05) is 0 Å². The summed E-state index contributed by atoms with van der Waals surface area (Å²) in [5.41, 5.74) is -3.13. The molecule has 92 valence electrons. The molecule has 8 nitrogen and oxygen atoms in total. The van der Waals surface area contributed by atoms with E-state index in [1.54, 1.807) is 4.98 Å². The quantitative estimate of drug-likeness (QED) is 0.618. The van der Waals surface area contributed by atoms with Gasteiger partial charge >= 0.3 is 17.1 Å². The van der Waals surface area contributed by atoms with Crippen LogP contribution in [0.2, 0.25) is 0 Å². The Labute approximate surface area is 107 Å². The van der Waals surface area contributed by atoms with Gasteiger partial charge in [-0.3, -0.25) is 9.78 Å². The Morgan fingerprint density at radius 2 is 1.71 bits per heavy atom. The van der Waals surface area contributed by atoms with E-state index >= 15 is 0 Å². The highest BCUT2D eigenvalue weighted by Crippen LogP contribution is 2.05. The van der Waals surface area contributed by atoms with Gasteiger partial charge in [0, 0.05) is 23.6 Å². The van der Waals surface area contributed by atoms with E-state index in [1.165, 1.54) is 18.2 Å². The predicted molar refractivity (Wildman–Crippen MR) is 64.0 cm³/mol. The van der Waals surface area contributed by atoms with Gasteiger partial charge in [-0.25, -0.2) is 18.8 Å². The molecule has 2 heterocycles. The first-order chi connectivity index (χ1) is 7.93. The molecule has 1 aliphatic rings. The third-order valence-electron chi connectivity index (χ3n) is 1.38. The molecule has 11 heteroatoms. The van der Waals surface area contributed by atoms with E-state index in [4.69, 9.17) is 23.6 Å². The van der Waals surface area contributed by atoms with Crippen LogP contribution in [0.4, 0.5) is 0 Å². The highest BCUT2D eigenvalue weighted by molar-refractivity contribution is 7.99. The maximum absolute atomic E-state index is 10.7. The van der Waals surface area contributed by atoms with Gasteiger partial charge in [0.1, 0.15) is 0 Å². The lowest BCUT2D eigenvalue weighted by Gasteiger charge is -1.91. The summed E-state index contributed by atoms with van der Waals surface area (Å²) in [6, 6.07) is 0. The summed E-state index contributed by atoms with van der Waals surface area (Å²) in [6.07, 6.45) is 1.35. The molecule has 0 saturated carbocycles. The lowest BCUT2D eigenvalue weighted by molar-refractivity contribution is -0.110. The molecule has 1 aliphatic heterocycles. The highest BCUT2D eigenvalue weighted by Gasteiger charge is 2.04. The summed E-state index contributed by atoms with van der Waals surface area (Å²) >= 11 is 11.4. The van der Waals surface area contributed by atoms with Gasteiger partial charge in [0.15, 0.2) is 5.78 Å². The predicted octanol–water partition coefficient (Wildman–Crippen LogP) is -1.01. The molecule has 0 fully saturated rings. The van der Waals surface area contributed by atoms with Crippen molar-refractivity contribution in [2.24, 2.45) is 4.40 Å². The first-order valence-electron chi connectivity index (χ1n) is 3.92. The maximum Gasteiger partial charge on any atom is 0.366 e. The number of halogens is 2. The molecule has 0 unspecified atom stereocenters. The van der Waals surface area contributed by atoms with Crippen LogP contribution in [0.3, 0.4) is 0 Å². The van der Waals surface area contributed by atoms with Crippen molar-refractivity contribution < 1.29 is 4.79 Å². The minimum Gasteiger partial charge on any atom is -0.292 e. The molecule has 0 saturated heterocycles. The van der Waals surface area contributed by atoms with Crippen LogP contribution in [0, 0.1) is 0 Å². The second-order valence-corrected chi connectivity index (χ2v) is 3.99. The van der Waals surface area contributed by atoms with E-state index in [9.17, 15) is 19.2 Å². The number of Topliss-reactive ketones (excluding diaryl/α,β-unsaturated/α-hetero) is 1. The van der Waals surface area contributed by atoms with Crippen LogP contribution >= 0.6 is 35.5 Å². The van der Waals surface area contributed by atoms with Crippen LogP contribution in [0.15, 0.2) is 18.8 Å². The molecule has 1 aromatic rings. The summed E-state index contributed by atoms with van der Waals surface area (Å²) < 4.78 is 3.93. The molecule has 0 aliphatic carbocycles. The largest absolute Gasteiger partial charge is 0.366 e. The number of nitrogens with zero attached hydrogens (tertiary/aromatic N) is 3. The molecule has 17 heavy (non-hydrogen) atoms. The molecule has 0 spiro atoms. The van der Waals surface area contributed by atoms with Crippen LogP contribution < -0.4 is 17.1 Å². The SMILES string of the molecule is O=C1C=NSC1.O=c1[nH]c(=O)n(Cl)c(=O)n1Cl. The molecule has 0 amide bonds. The molecule has 1 aromatic heterocycles. The number of hydrogen-bond donors (Lipinski definition) is 1. The van der Waals surface area contributed by atoms with Gasteiger partial charge in [0.05, 0.1) is 12.0 Å². The molecule has 0 aromatic carbocycles. The van der Waals surface area contributed by atoms with E-state index in [0.29, 0.717) is 5.75 Å². The summed E-state index contributed by atoms with van der Waals surface area (Å²) in [7, 11) is 0. The van der Waals surface area contributed by atoms with Gasteiger partial charge in [-0.05, 0) is 11.9 Å². The van der Waals surface area contributed by atoms with Crippen LogP contribution in [-0.2, 0) is 4.79 Å². The van der Waals surface area contributed by atoms with Crippen molar-refractivity contribution in [3.8, 4) is 0 Å². The average molecular weight is 299 g/mol. The van der Waals surface area contributed by atoms with E-state index in [2.05, 4.69) is 4.40 Å². The summed E-state index contributed by atoms with van der Waals surface area (Å²) in [6.45, 7) is 0. The second-order valence-electron chi connectivity index (χ2n) is 2.55. The maximum atomic E-state index is 10.7. The smallest absolute Gasteiger partial charge is 0.292 e. The van der Waals surface area contributed by atoms with Gasteiger partial charge in [0.2, 0.25) is 0 Å². The number of H-pyrrole nitrogens is 1. The number of carbonyl (C=O) groups excluding carboxylic acids is 1. The zero-order valence-electron chi connectivity index (χ0n) is 7.92.